The lowest BCUT2D eigenvalue weighted by molar-refractivity contribution is -0.172. The molecule has 0 aliphatic rings. The van der Waals surface area contributed by atoms with Gasteiger partial charge in [-0.3, -0.25) is 0 Å². The Hall–Kier alpha value is -1.48. The lowest BCUT2D eigenvalue weighted by atomic mass is 10.3. The minimum atomic E-state index is -0.832. The maximum Gasteiger partial charge on any atom is 0.352 e. The van der Waals surface area contributed by atoms with Crippen LogP contribution in [0.4, 0.5) is 0 Å². The Morgan fingerprint density at radius 2 is 2.00 bits per heavy atom. The number of hydrogen-bond donors (Lipinski definition) is 2. The van der Waals surface area contributed by atoms with Gasteiger partial charge in [0.1, 0.15) is 6.79 Å². The second-order valence-corrected chi connectivity index (χ2v) is 2.47. The monoisotopic (exact) mass is 235 g/mol. The first-order valence-corrected chi connectivity index (χ1v) is 4.14. The molecule has 0 aromatic rings. The third-order valence-corrected chi connectivity index (χ3v) is 1.31. The first-order valence-electron chi connectivity index (χ1n) is 4.14. The highest BCUT2D eigenvalue weighted by atomic mass is 16.8. The number of hydrogen-bond acceptors (Lipinski definition) is 8. The van der Waals surface area contributed by atoms with Gasteiger partial charge in [0.05, 0.1) is 0 Å². The third kappa shape index (κ3) is 6.90. The molecule has 8 nitrogen and oxygen atoms in total. The molecule has 0 heterocycles. The minimum Gasteiger partial charge on any atom is -0.435 e. The summed E-state index contributed by atoms with van der Waals surface area (Å²) in [6, 6.07) is 0. The van der Waals surface area contributed by atoms with Gasteiger partial charge in [-0.2, -0.15) is 5.90 Å². The minimum absolute atomic E-state index is 0.000826. The molecule has 0 rings (SSSR count). The molecule has 0 aromatic heterocycles. The van der Waals surface area contributed by atoms with Gasteiger partial charge < -0.3 is 24.2 Å². The van der Waals surface area contributed by atoms with Gasteiger partial charge in [0.25, 0.3) is 0 Å². The molecule has 8 heteroatoms. The molecule has 0 amide bonds. The van der Waals surface area contributed by atoms with Crippen molar-refractivity contribution in [2.45, 2.75) is 6.92 Å². The fraction of sp³-hybridized carbons (Fsp3) is 0.500. The standard InChI is InChI=1S/C8H13NO7/c1-6(8(12)16-9)2-7(11)15-5-14-4-13-3-10/h2,10H,3-5,9H2,1H3/b6-2-. The predicted octanol–water partition coefficient (Wildman–Crippen LogP) is -1.21. The van der Waals surface area contributed by atoms with E-state index in [0.717, 1.165) is 6.08 Å². The second kappa shape index (κ2) is 8.80. The van der Waals surface area contributed by atoms with Crippen molar-refractivity contribution >= 4 is 11.9 Å². The largest absolute Gasteiger partial charge is 0.435 e. The lowest BCUT2D eigenvalue weighted by Crippen LogP contribution is -2.13. The van der Waals surface area contributed by atoms with Crippen LogP contribution in [0.15, 0.2) is 11.6 Å². The van der Waals surface area contributed by atoms with Crippen molar-refractivity contribution in [1.29, 1.82) is 0 Å². The normalized spacial score (nSPS) is 11.1. The molecule has 0 radical (unpaired) electrons. The second-order valence-electron chi connectivity index (χ2n) is 2.47. The van der Waals surface area contributed by atoms with Crippen molar-refractivity contribution < 1.29 is 33.7 Å². The van der Waals surface area contributed by atoms with Gasteiger partial charge >= 0.3 is 11.9 Å². The molecule has 0 fully saturated rings. The maximum atomic E-state index is 11.0. The van der Waals surface area contributed by atoms with E-state index in [-0.39, 0.29) is 19.2 Å². The van der Waals surface area contributed by atoms with Crippen LogP contribution in [0, 0.1) is 0 Å². The number of esters is 1. The Balaban J connectivity index is 3.77. The average molecular weight is 235 g/mol. The Morgan fingerprint density at radius 3 is 2.56 bits per heavy atom. The van der Waals surface area contributed by atoms with Gasteiger partial charge in [0, 0.05) is 11.6 Å². The molecular weight excluding hydrogens is 222 g/mol. The van der Waals surface area contributed by atoms with Gasteiger partial charge in [0.2, 0.25) is 0 Å². The topological polar surface area (TPSA) is 117 Å². The Kier molecular flexibility index (Phi) is 7.98. The Bertz CT molecular complexity index is 263. The molecule has 0 aromatic carbocycles. The zero-order valence-corrected chi connectivity index (χ0v) is 8.67. The van der Waals surface area contributed by atoms with E-state index in [1.807, 2.05) is 0 Å². The van der Waals surface area contributed by atoms with Crippen LogP contribution >= 0.6 is 0 Å². The lowest BCUT2D eigenvalue weighted by Gasteiger charge is -2.03. The summed E-state index contributed by atoms with van der Waals surface area (Å²) < 4.78 is 13.5. The van der Waals surface area contributed by atoms with Crippen molar-refractivity contribution in [3.05, 3.63) is 11.6 Å². The van der Waals surface area contributed by atoms with Crippen LogP contribution < -0.4 is 5.90 Å². The fourth-order valence-corrected chi connectivity index (χ4v) is 0.600. The van der Waals surface area contributed by atoms with Crippen LogP contribution in [-0.4, -0.2) is 37.4 Å². The number of aliphatic hydroxyl groups is 1. The number of carbonyl (C=O) groups is 2. The highest BCUT2D eigenvalue weighted by Crippen LogP contribution is 1.95. The molecule has 0 unspecified atom stereocenters. The van der Waals surface area contributed by atoms with Gasteiger partial charge in [-0.1, -0.05) is 0 Å². The molecule has 0 aliphatic heterocycles. The van der Waals surface area contributed by atoms with Gasteiger partial charge in [-0.15, -0.1) is 0 Å². The summed E-state index contributed by atoms with van der Waals surface area (Å²) in [5, 5.41) is 8.20. The third-order valence-electron chi connectivity index (χ3n) is 1.31. The number of rotatable bonds is 7. The van der Waals surface area contributed by atoms with Crippen molar-refractivity contribution in [2.24, 2.45) is 5.90 Å². The van der Waals surface area contributed by atoms with Crippen LogP contribution in [0.1, 0.15) is 6.92 Å². The molecule has 92 valence electrons. The van der Waals surface area contributed by atoms with E-state index in [9.17, 15) is 9.59 Å². The first kappa shape index (κ1) is 14.5. The van der Waals surface area contributed by atoms with E-state index in [1.165, 1.54) is 6.92 Å². The molecule has 16 heavy (non-hydrogen) atoms. The zero-order valence-electron chi connectivity index (χ0n) is 8.67. The van der Waals surface area contributed by atoms with E-state index < -0.39 is 18.7 Å². The Morgan fingerprint density at radius 1 is 1.31 bits per heavy atom. The molecule has 0 atom stereocenters. The molecule has 3 N–H and O–H groups in total. The van der Waals surface area contributed by atoms with Gasteiger partial charge in [-0.25, -0.2) is 9.59 Å². The summed E-state index contributed by atoms with van der Waals surface area (Å²) in [7, 11) is 0. The molecular formula is C8H13NO7. The van der Waals surface area contributed by atoms with Crippen LogP contribution in [0.25, 0.3) is 0 Å². The molecule has 0 saturated heterocycles. The summed E-state index contributed by atoms with van der Waals surface area (Å²) >= 11 is 0. The van der Waals surface area contributed by atoms with Crippen molar-refractivity contribution in [3.8, 4) is 0 Å². The van der Waals surface area contributed by atoms with Crippen LogP contribution in [0.3, 0.4) is 0 Å². The molecule has 0 aliphatic carbocycles. The van der Waals surface area contributed by atoms with Crippen LogP contribution in [-0.2, 0) is 28.6 Å². The van der Waals surface area contributed by atoms with E-state index in [2.05, 4.69) is 24.9 Å². The summed E-state index contributed by atoms with van der Waals surface area (Å²) in [4.78, 5) is 25.6. The van der Waals surface area contributed by atoms with E-state index in [4.69, 9.17) is 5.11 Å². The number of ether oxygens (including phenoxy) is 3. The van der Waals surface area contributed by atoms with Gasteiger partial charge in [0.15, 0.2) is 13.6 Å². The highest BCUT2D eigenvalue weighted by molar-refractivity contribution is 5.95. The van der Waals surface area contributed by atoms with Crippen LogP contribution in [0.2, 0.25) is 0 Å². The first-order chi connectivity index (χ1) is 7.61. The molecule has 0 saturated carbocycles. The summed E-state index contributed by atoms with van der Waals surface area (Å²) in [6.45, 7) is 0.277. The fourth-order valence-electron chi connectivity index (χ4n) is 0.600. The zero-order chi connectivity index (χ0) is 12.4. The SMILES string of the molecule is C/C(=C/C(=O)OCOCOCO)C(=O)ON. The Labute approximate surface area is 91.5 Å². The predicted molar refractivity (Wildman–Crippen MR) is 49.1 cm³/mol. The number of nitrogens with two attached hydrogens (primary N) is 1. The number of aliphatic hydroxyl groups excluding tert-OH is 1. The van der Waals surface area contributed by atoms with E-state index in [1.54, 1.807) is 0 Å². The smallest absolute Gasteiger partial charge is 0.352 e. The van der Waals surface area contributed by atoms with Crippen molar-refractivity contribution in [2.75, 3.05) is 20.4 Å². The number of carbonyl (C=O) groups excluding carboxylic acids is 2. The van der Waals surface area contributed by atoms with E-state index >= 15 is 0 Å². The molecule has 0 bridgehead atoms. The quantitative estimate of drug-likeness (QED) is 0.185. The van der Waals surface area contributed by atoms with Gasteiger partial charge in [-0.05, 0) is 6.92 Å². The summed E-state index contributed by atoms with van der Waals surface area (Å²) in [5.41, 5.74) is -0.000826. The average Bonchev–Trinajstić information content (AvgIpc) is 2.27. The van der Waals surface area contributed by atoms with Crippen molar-refractivity contribution in [1.82, 2.24) is 0 Å². The van der Waals surface area contributed by atoms with Crippen molar-refractivity contribution in [3.63, 3.8) is 0 Å². The molecule has 0 spiro atoms. The van der Waals surface area contributed by atoms with E-state index in [0.29, 0.717) is 0 Å². The summed E-state index contributed by atoms with van der Waals surface area (Å²) in [6.07, 6.45) is 0.908. The highest BCUT2D eigenvalue weighted by Gasteiger charge is 2.07. The summed E-state index contributed by atoms with van der Waals surface area (Å²) in [5.74, 6) is 2.98. The maximum absolute atomic E-state index is 11.0. The van der Waals surface area contributed by atoms with Crippen LogP contribution in [0.5, 0.6) is 0 Å².